The second kappa shape index (κ2) is 5.63. The van der Waals surface area contributed by atoms with E-state index in [1.54, 1.807) is 18.4 Å². The van der Waals surface area contributed by atoms with E-state index in [1.807, 2.05) is 34.2 Å². The molecule has 0 saturated heterocycles. The van der Waals surface area contributed by atoms with Gasteiger partial charge in [-0.2, -0.15) is 4.98 Å². The third-order valence-corrected chi connectivity index (χ3v) is 4.89. The smallest absolute Gasteiger partial charge is 0.238 e. The predicted octanol–water partition coefficient (Wildman–Crippen LogP) is 4.43. The maximum Gasteiger partial charge on any atom is 0.238 e. The molecule has 0 spiro atoms. The van der Waals surface area contributed by atoms with Crippen molar-refractivity contribution >= 4 is 49.5 Å². The largest absolute Gasteiger partial charge is 0.480 e. The molecular formula is C13H11BrClN3OS. The average Bonchev–Trinajstić information content (AvgIpc) is 3.00. The molecule has 0 bridgehead atoms. The Labute approximate surface area is 133 Å². The number of hydrogen-bond donors (Lipinski definition) is 1. The highest BCUT2D eigenvalue weighted by Crippen LogP contribution is 2.27. The third kappa shape index (κ3) is 2.51. The molecule has 0 aliphatic carbocycles. The summed E-state index contributed by atoms with van der Waals surface area (Å²) in [6.45, 7) is 0.610. The molecular weight excluding hydrogens is 362 g/mol. The van der Waals surface area contributed by atoms with Gasteiger partial charge in [0, 0.05) is 21.7 Å². The minimum absolute atomic E-state index is 0.610. The summed E-state index contributed by atoms with van der Waals surface area (Å²) in [5.74, 6) is 0.646. The molecule has 20 heavy (non-hydrogen) atoms. The van der Waals surface area contributed by atoms with Gasteiger partial charge in [-0.15, -0.1) is 11.3 Å². The van der Waals surface area contributed by atoms with Gasteiger partial charge in [-0.1, -0.05) is 11.6 Å². The molecule has 2 heterocycles. The van der Waals surface area contributed by atoms with E-state index in [4.69, 9.17) is 16.3 Å². The number of ether oxygens (including phenoxy) is 1. The fourth-order valence-electron chi connectivity index (χ4n) is 1.93. The number of thiazole rings is 1. The average molecular weight is 373 g/mol. The normalized spacial score (nSPS) is 10.9. The molecule has 4 nitrogen and oxygen atoms in total. The van der Waals surface area contributed by atoms with Crippen LogP contribution in [0.5, 0.6) is 5.88 Å². The maximum atomic E-state index is 6.08. The van der Waals surface area contributed by atoms with Gasteiger partial charge < -0.3 is 10.1 Å². The van der Waals surface area contributed by atoms with Crippen LogP contribution in [0.1, 0.15) is 5.69 Å². The van der Waals surface area contributed by atoms with Gasteiger partial charge in [-0.05, 0) is 34.1 Å². The molecule has 1 N–H and O–H groups in total. The van der Waals surface area contributed by atoms with Gasteiger partial charge >= 0.3 is 0 Å². The SMILES string of the molecule is COc1nc2sccn2c1CNc1ccc(Br)c(Cl)c1. The topological polar surface area (TPSA) is 38.6 Å². The summed E-state index contributed by atoms with van der Waals surface area (Å²) in [5.41, 5.74) is 1.94. The minimum Gasteiger partial charge on any atom is -0.480 e. The lowest BCUT2D eigenvalue weighted by Gasteiger charge is -2.08. The van der Waals surface area contributed by atoms with Gasteiger partial charge in [-0.25, -0.2) is 0 Å². The molecule has 0 amide bonds. The van der Waals surface area contributed by atoms with Crippen LogP contribution in [0, 0.1) is 0 Å². The first kappa shape index (κ1) is 13.7. The molecule has 104 valence electrons. The molecule has 1 aromatic carbocycles. The fourth-order valence-corrected chi connectivity index (χ4v) is 3.08. The third-order valence-electron chi connectivity index (χ3n) is 2.90. The Balaban J connectivity index is 1.85. The second-order valence-corrected chi connectivity index (χ2v) is 6.24. The van der Waals surface area contributed by atoms with Crippen LogP contribution in [0.2, 0.25) is 5.02 Å². The zero-order chi connectivity index (χ0) is 14.1. The van der Waals surface area contributed by atoms with E-state index < -0.39 is 0 Å². The number of nitrogens with one attached hydrogen (secondary N) is 1. The van der Waals surface area contributed by atoms with Crippen LogP contribution < -0.4 is 10.1 Å². The van der Waals surface area contributed by atoms with Gasteiger partial charge in [0.25, 0.3) is 0 Å². The Bertz CT molecular complexity index is 755. The molecule has 3 rings (SSSR count). The monoisotopic (exact) mass is 371 g/mol. The lowest BCUT2D eigenvalue weighted by atomic mass is 10.3. The number of fused-ring (bicyclic) bond motifs is 1. The van der Waals surface area contributed by atoms with Gasteiger partial charge in [0.05, 0.1) is 18.7 Å². The highest BCUT2D eigenvalue weighted by molar-refractivity contribution is 9.10. The van der Waals surface area contributed by atoms with Crippen LogP contribution in [-0.2, 0) is 6.54 Å². The first-order chi connectivity index (χ1) is 9.69. The maximum absolute atomic E-state index is 6.08. The van der Waals surface area contributed by atoms with Crippen molar-refractivity contribution in [2.75, 3.05) is 12.4 Å². The molecule has 0 saturated carbocycles. The van der Waals surface area contributed by atoms with Crippen LogP contribution >= 0.6 is 38.9 Å². The van der Waals surface area contributed by atoms with Crippen molar-refractivity contribution in [2.45, 2.75) is 6.54 Å². The van der Waals surface area contributed by atoms with Crippen molar-refractivity contribution in [2.24, 2.45) is 0 Å². The molecule has 0 aliphatic rings. The quantitative estimate of drug-likeness (QED) is 0.736. The fraction of sp³-hybridized carbons (Fsp3) is 0.154. The molecule has 0 unspecified atom stereocenters. The van der Waals surface area contributed by atoms with Crippen LogP contribution in [0.3, 0.4) is 0 Å². The van der Waals surface area contributed by atoms with E-state index in [9.17, 15) is 0 Å². The van der Waals surface area contributed by atoms with Crippen molar-refractivity contribution < 1.29 is 4.74 Å². The van der Waals surface area contributed by atoms with Crippen molar-refractivity contribution in [3.8, 4) is 5.88 Å². The summed E-state index contributed by atoms with van der Waals surface area (Å²) >= 11 is 11.0. The van der Waals surface area contributed by atoms with E-state index in [1.165, 1.54) is 0 Å². The summed E-state index contributed by atoms with van der Waals surface area (Å²) in [7, 11) is 1.63. The van der Waals surface area contributed by atoms with Crippen LogP contribution in [-0.4, -0.2) is 16.5 Å². The van der Waals surface area contributed by atoms with Gasteiger partial charge in [0.1, 0.15) is 5.69 Å². The van der Waals surface area contributed by atoms with E-state index in [-0.39, 0.29) is 0 Å². The van der Waals surface area contributed by atoms with E-state index in [2.05, 4.69) is 26.2 Å². The van der Waals surface area contributed by atoms with E-state index in [0.717, 1.165) is 20.8 Å². The summed E-state index contributed by atoms with van der Waals surface area (Å²) in [6, 6.07) is 5.76. The molecule has 0 aliphatic heterocycles. The summed E-state index contributed by atoms with van der Waals surface area (Å²) in [6.07, 6.45) is 1.99. The molecule has 0 fully saturated rings. The zero-order valence-electron chi connectivity index (χ0n) is 10.6. The van der Waals surface area contributed by atoms with Crippen LogP contribution in [0.4, 0.5) is 5.69 Å². The van der Waals surface area contributed by atoms with E-state index in [0.29, 0.717) is 17.4 Å². The van der Waals surface area contributed by atoms with Crippen molar-refractivity contribution in [1.29, 1.82) is 0 Å². The Morgan fingerprint density at radius 2 is 2.35 bits per heavy atom. The highest BCUT2D eigenvalue weighted by atomic mass is 79.9. The standard InChI is InChI=1S/C13H11BrClN3OS/c1-19-12-11(18-4-5-20-13(18)17-12)7-16-8-2-3-9(14)10(15)6-8/h2-6,16H,7H2,1H3. The number of hydrogen-bond acceptors (Lipinski definition) is 4. The Hall–Kier alpha value is -1.24. The lowest BCUT2D eigenvalue weighted by molar-refractivity contribution is 0.395. The molecule has 0 atom stereocenters. The van der Waals surface area contributed by atoms with Crippen LogP contribution in [0.15, 0.2) is 34.2 Å². The second-order valence-electron chi connectivity index (χ2n) is 4.11. The number of aromatic nitrogens is 2. The molecule has 3 aromatic rings. The van der Waals surface area contributed by atoms with Crippen LogP contribution in [0.25, 0.3) is 4.96 Å². The minimum atomic E-state index is 0.610. The van der Waals surface area contributed by atoms with Crippen molar-refractivity contribution in [3.05, 3.63) is 45.0 Å². The first-order valence-electron chi connectivity index (χ1n) is 5.86. The summed E-state index contributed by atoms with van der Waals surface area (Å²) in [4.78, 5) is 5.34. The Morgan fingerprint density at radius 1 is 1.50 bits per heavy atom. The number of benzene rings is 1. The molecule has 2 aromatic heterocycles. The zero-order valence-corrected chi connectivity index (χ0v) is 13.7. The van der Waals surface area contributed by atoms with Gasteiger partial charge in [-0.3, -0.25) is 4.40 Å². The number of imidazole rings is 1. The number of rotatable bonds is 4. The van der Waals surface area contributed by atoms with Crippen molar-refractivity contribution in [3.63, 3.8) is 0 Å². The van der Waals surface area contributed by atoms with Gasteiger partial charge in [0.15, 0.2) is 4.96 Å². The Kier molecular flexibility index (Phi) is 3.87. The highest BCUT2D eigenvalue weighted by Gasteiger charge is 2.13. The lowest BCUT2D eigenvalue weighted by Crippen LogP contribution is -2.03. The molecule has 0 radical (unpaired) electrons. The predicted molar refractivity (Wildman–Crippen MR) is 86.1 cm³/mol. The van der Waals surface area contributed by atoms with E-state index >= 15 is 0 Å². The first-order valence-corrected chi connectivity index (χ1v) is 7.91. The summed E-state index contributed by atoms with van der Waals surface area (Å²) < 4.78 is 8.23. The molecule has 7 heteroatoms. The Morgan fingerprint density at radius 3 is 3.10 bits per heavy atom. The van der Waals surface area contributed by atoms with Gasteiger partial charge in [0.2, 0.25) is 5.88 Å². The number of anilines is 1. The number of halogens is 2. The number of nitrogens with zero attached hydrogens (tertiary/aromatic N) is 2. The number of methoxy groups -OCH3 is 1. The van der Waals surface area contributed by atoms with Crippen molar-refractivity contribution in [1.82, 2.24) is 9.38 Å². The summed E-state index contributed by atoms with van der Waals surface area (Å²) in [5, 5.41) is 6.01.